The Bertz CT molecular complexity index is 157. The summed E-state index contributed by atoms with van der Waals surface area (Å²) >= 11 is 3.44. The van der Waals surface area contributed by atoms with Crippen LogP contribution in [0.25, 0.3) is 0 Å². The van der Waals surface area contributed by atoms with Gasteiger partial charge in [0.1, 0.15) is 0 Å². The van der Waals surface area contributed by atoms with Crippen molar-refractivity contribution in [1.82, 2.24) is 0 Å². The third-order valence-electron chi connectivity index (χ3n) is 2.71. The molecule has 0 amide bonds. The van der Waals surface area contributed by atoms with Crippen molar-refractivity contribution in [3.8, 4) is 0 Å². The Morgan fingerprint density at radius 2 is 2.23 bits per heavy atom. The van der Waals surface area contributed by atoms with Crippen LogP contribution in [0.5, 0.6) is 0 Å². The standard InChI is InChI=1S/C10H17BrF2/c1-8(11)4-5-9-3-2-6-10(12,13)7-9/h8-9H,2-7H2,1H3. The SMILES string of the molecule is CC(Br)CCC1CCCC(F)(F)C1. The first-order chi connectivity index (χ1) is 5.99. The summed E-state index contributed by atoms with van der Waals surface area (Å²) in [7, 11) is 0. The molecule has 0 spiro atoms. The lowest BCUT2D eigenvalue weighted by molar-refractivity contribution is -0.0536. The van der Waals surface area contributed by atoms with Crippen molar-refractivity contribution in [3.05, 3.63) is 0 Å². The topological polar surface area (TPSA) is 0 Å². The fourth-order valence-corrected chi connectivity index (χ4v) is 2.25. The normalized spacial score (nSPS) is 30.0. The predicted molar refractivity (Wildman–Crippen MR) is 54.5 cm³/mol. The van der Waals surface area contributed by atoms with Crippen LogP contribution in [-0.2, 0) is 0 Å². The van der Waals surface area contributed by atoms with E-state index in [0.717, 1.165) is 19.3 Å². The molecule has 3 heteroatoms. The second-order valence-electron chi connectivity index (χ2n) is 4.18. The maximum Gasteiger partial charge on any atom is 0.248 e. The Hall–Kier alpha value is 0.340. The highest BCUT2D eigenvalue weighted by Gasteiger charge is 2.35. The van der Waals surface area contributed by atoms with Crippen molar-refractivity contribution in [3.63, 3.8) is 0 Å². The summed E-state index contributed by atoms with van der Waals surface area (Å²) in [5.74, 6) is -2.12. The molecule has 0 aromatic rings. The molecule has 0 N–H and O–H groups in total. The number of alkyl halides is 3. The Balaban J connectivity index is 2.26. The van der Waals surface area contributed by atoms with E-state index in [9.17, 15) is 8.78 Å². The maximum absolute atomic E-state index is 13.0. The monoisotopic (exact) mass is 254 g/mol. The number of hydrogen-bond donors (Lipinski definition) is 0. The molecule has 0 saturated heterocycles. The van der Waals surface area contributed by atoms with Crippen LogP contribution in [0.1, 0.15) is 45.4 Å². The second kappa shape index (κ2) is 4.72. The molecule has 1 aliphatic rings. The van der Waals surface area contributed by atoms with Gasteiger partial charge in [0.05, 0.1) is 0 Å². The van der Waals surface area contributed by atoms with Gasteiger partial charge < -0.3 is 0 Å². The number of rotatable bonds is 3. The maximum atomic E-state index is 13.0. The molecular formula is C10H17BrF2. The molecule has 2 unspecified atom stereocenters. The quantitative estimate of drug-likeness (QED) is 0.656. The highest BCUT2D eigenvalue weighted by molar-refractivity contribution is 9.09. The predicted octanol–water partition coefficient (Wildman–Crippen LogP) is 4.38. The van der Waals surface area contributed by atoms with Crippen molar-refractivity contribution in [2.24, 2.45) is 5.92 Å². The van der Waals surface area contributed by atoms with E-state index in [4.69, 9.17) is 0 Å². The summed E-state index contributed by atoms with van der Waals surface area (Å²) in [6.07, 6.45) is 3.88. The van der Waals surface area contributed by atoms with Gasteiger partial charge in [0, 0.05) is 17.7 Å². The molecule has 0 bridgehead atoms. The molecule has 0 aliphatic heterocycles. The zero-order valence-corrected chi connectivity index (χ0v) is 9.62. The van der Waals surface area contributed by atoms with Gasteiger partial charge in [-0.05, 0) is 25.2 Å². The average molecular weight is 255 g/mol. The molecule has 0 aromatic heterocycles. The fraction of sp³-hybridized carbons (Fsp3) is 1.00. The van der Waals surface area contributed by atoms with E-state index in [1.54, 1.807) is 0 Å². The van der Waals surface area contributed by atoms with E-state index in [0.29, 0.717) is 11.2 Å². The third kappa shape index (κ3) is 4.39. The van der Waals surface area contributed by atoms with E-state index in [-0.39, 0.29) is 18.8 Å². The molecule has 0 aromatic carbocycles. The minimum Gasteiger partial charge on any atom is -0.207 e. The highest BCUT2D eigenvalue weighted by Crippen LogP contribution is 2.38. The lowest BCUT2D eigenvalue weighted by Crippen LogP contribution is -2.26. The molecule has 13 heavy (non-hydrogen) atoms. The van der Waals surface area contributed by atoms with Gasteiger partial charge in [0.25, 0.3) is 0 Å². The first-order valence-electron chi connectivity index (χ1n) is 5.01. The van der Waals surface area contributed by atoms with E-state index in [2.05, 4.69) is 22.9 Å². The van der Waals surface area contributed by atoms with Crippen LogP contribution in [0.3, 0.4) is 0 Å². The van der Waals surface area contributed by atoms with Gasteiger partial charge in [-0.3, -0.25) is 0 Å². The highest BCUT2D eigenvalue weighted by atomic mass is 79.9. The number of hydrogen-bond acceptors (Lipinski definition) is 0. The summed E-state index contributed by atoms with van der Waals surface area (Å²) in [5.41, 5.74) is 0. The van der Waals surface area contributed by atoms with E-state index >= 15 is 0 Å². The second-order valence-corrected chi connectivity index (χ2v) is 5.74. The Kier molecular flexibility index (Phi) is 4.14. The molecule has 1 saturated carbocycles. The largest absolute Gasteiger partial charge is 0.248 e. The van der Waals surface area contributed by atoms with E-state index in [1.807, 2.05) is 0 Å². The average Bonchev–Trinajstić information content (AvgIpc) is 1.99. The van der Waals surface area contributed by atoms with E-state index in [1.165, 1.54) is 0 Å². The van der Waals surface area contributed by atoms with Crippen molar-refractivity contribution in [2.45, 2.75) is 56.2 Å². The Morgan fingerprint density at radius 3 is 2.77 bits per heavy atom. The zero-order chi connectivity index (χ0) is 9.90. The van der Waals surface area contributed by atoms with Crippen LogP contribution in [-0.4, -0.2) is 10.7 Å². The minimum atomic E-state index is -2.38. The van der Waals surface area contributed by atoms with Crippen LogP contribution in [0, 0.1) is 5.92 Å². The molecule has 0 nitrogen and oxygen atoms in total. The van der Waals surface area contributed by atoms with Crippen molar-refractivity contribution in [2.75, 3.05) is 0 Å². The smallest absolute Gasteiger partial charge is 0.207 e. The summed E-state index contributed by atoms with van der Waals surface area (Å²) < 4.78 is 25.9. The minimum absolute atomic E-state index is 0.105. The lowest BCUT2D eigenvalue weighted by Gasteiger charge is -2.29. The Morgan fingerprint density at radius 1 is 1.54 bits per heavy atom. The number of halogens is 3. The van der Waals surface area contributed by atoms with Crippen LogP contribution in [0.15, 0.2) is 0 Å². The van der Waals surface area contributed by atoms with Crippen LogP contribution in [0.4, 0.5) is 8.78 Å². The fourth-order valence-electron chi connectivity index (χ4n) is 1.99. The van der Waals surface area contributed by atoms with Crippen molar-refractivity contribution >= 4 is 15.9 Å². The summed E-state index contributed by atoms with van der Waals surface area (Å²) in [5, 5.41) is 0. The van der Waals surface area contributed by atoms with Crippen LogP contribution in [0.2, 0.25) is 0 Å². The summed E-state index contributed by atoms with van der Waals surface area (Å²) in [6, 6.07) is 0. The molecule has 78 valence electrons. The van der Waals surface area contributed by atoms with E-state index < -0.39 is 5.92 Å². The van der Waals surface area contributed by atoms with Gasteiger partial charge in [0.15, 0.2) is 0 Å². The molecule has 1 rings (SSSR count). The van der Waals surface area contributed by atoms with Gasteiger partial charge in [0.2, 0.25) is 5.92 Å². The lowest BCUT2D eigenvalue weighted by atomic mass is 9.83. The van der Waals surface area contributed by atoms with Gasteiger partial charge in [-0.25, -0.2) is 8.78 Å². The van der Waals surface area contributed by atoms with Gasteiger partial charge in [-0.1, -0.05) is 29.3 Å². The van der Waals surface area contributed by atoms with Crippen molar-refractivity contribution in [1.29, 1.82) is 0 Å². The van der Waals surface area contributed by atoms with Gasteiger partial charge in [-0.2, -0.15) is 0 Å². The third-order valence-corrected chi connectivity index (χ3v) is 3.17. The molecule has 1 aliphatic carbocycles. The molecular weight excluding hydrogens is 238 g/mol. The van der Waals surface area contributed by atoms with Crippen LogP contribution < -0.4 is 0 Å². The summed E-state index contributed by atoms with van der Waals surface area (Å²) in [6.45, 7) is 2.07. The Labute approximate surface area is 87.2 Å². The first-order valence-corrected chi connectivity index (χ1v) is 5.93. The zero-order valence-electron chi connectivity index (χ0n) is 8.03. The first kappa shape index (κ1) is 11.4. The van der Waals surface area contributed by atoms with Crippen LogP contribution >= 0.6 is 15.9 Å². The molecule has 0 heterocycles. The summed E-state index contributed by atoms with van der Waals surface area (Å²) in [4.78, 5) is 0.461. The molecule has 1 fully saturated rings. The molecule has 2 atom stereocenters. The molecule has 0 radical (unpaired) electrons. The van der Waals surface area contributed by atoms with Gasteiger partial charge in [-0.15, -0.1) is 0 Å². The van der Waals surface area contributed by atoms with Crippen molar-refractivity contribution < 1.29 is 8.78 Å². The van der Waals surface area contributed by atoms with Gasteiger partial charge >= 0.3 is 0 Å².